The molecule has 1 aromatic carbocycles. The third-order valence-electron chi connectivity index (χ3n) is 4.51. The van der Waals surface area contributed by atoms with Gasteiger partial charge in [-0.2, -0.15) is 0 Å². The SMILES string of the molecule is c1ccc(CCCCN2CCNC(C3CC3)C2)cc1. The summed E-state index contributed by atoms with van der Waals surface area (Å²) < 4.78 is 0. The predicted octanol–water partition coefficient (Wildman–Crippen LogP) is 2.69. The number of piperazine rings is 1. The predicted molar refractivity (Wildman–Crippen MR) is 80.3 cm³/mol. The van der Waals surface area contributed by atoms with Crippen molar-refractivity contribution >= 4 is 0 Å². The summed E-state index contributed by atoms with van der Waals surface area (Å²) in [6, 6.07) is 11.7. The highest BCUT2D eigenvalue weighted by Crippen LogP contribution is 2.33. The summed E-state index contributed by atoms with van der Waals surface area (Å²) in [6.45, 7) is 5.02. The highest BCUT2D eigenvalue weighted by atomic mass is 15.2. The molecule has 3 rings (SSSR count). The standard InChI is InChI=1S/C17H26N2/c1-2-6-15(7-3-1)8-4-5-12-19-13-11-18-17(14-19)16-9-10-16/h1-3,6-7,16-18H,4-5,8-14H2. The van der Waals surface area contributed by atoms with Crippen LogP contribution in [0.5, 0.6) is 0 Å². The van der Waals surface area contributed by atoms with Gasteiger partial charge in [0, 0.05) is 25.7 Å². The molecule has 1 saturated carbocycles. The van der Waals surface area contributed by atoms with E-state index in [4.69, 9.17) is 0 Å². The van der Waals surface area contributed by atoms with Gasteiger partial charge in [-0.3, -0.25) is 0 Å². The van der Waals surface area contributed by atoms with Crippen molar-refractivity contribution in [2.45, 2.75) is 38.1 Å². The fourth-order valence-corrected chi connectivity index (χ4v) is 3.17. The van der Waals surface area contributed by atoms with Gasteiger partial charge in [0.25, 0.3) is 0 Å². The molecule has 1 N–H and O–H groups in total. The second-order valence-electron chi connectivity index (χ2n) is 6.14. The van der Waals surface area contributed by atoms with E-state index in [0.29, 0.717) is 0 Å². The molecule has 1 heterocycles. The maximum absolute atomic E-state index is 3.69. The lowest BCUT2D eigenvalue weighted by molar-refractivity contribution is 0.186. The lowest BCUT2D eigenvalue weighted by atomic mass is 10.1. The van der Waals surface area contributed by atoms with Gasteiger partial charge in [-0.25, -0.2) is 0 Å². The molecule has 1 aromatic rings. The quantitative estimate of drug-likeness (QED) is 0.789. The largest absolute Gasteiger partial charge is 0.311 e. The van der Waals surface area contributed by atoms with Gasteiger partial charge in [0.1, 0.15) is 0 Å². The van der Waals surface area contributed by atoms with E-state index < -0.39 is 0 Å². The fourth-order valence-electron chi connectivity index (χ4n) is 3.17. The lowest BCUT2D eigenvalue weighted by Crippen LogP contribution is -2.51. The smallest absolute Gasteiger partial charge is 0.0223 e. The van der Waals surface area contributed by atoms with Crippen molar-refractivity contribution in [3.8, 4) is 0 Å². The van der Waals surface area contributed by atoms with E-state index in [9.17, 15) is 0 Å². The van der Waals surface area contributed by atoms with Gasteiger partial charge in [0.15, 0.2) is 0 Å². The van der Waals surface area contributed by atoms with Crippen molar-refractivity contribution < 1.29 is 0 Å². The second-order valence-corrected chi connectivity index (χ2v) is 6.14. The number of nitrogens with zero attached hydrogens (tertiary/aromatic N) is 1. The van der Waals surface area contributed by atoms with Gasteiger partial charge < -0.3 is 10.2 Å². The van der Waals surface area contributed by atoms with Crippen molar-refractivity contribution in [2.75, 3.05) is 26.2 Å². The van der Waals surface area contributed by atoms with E-state index in [0.717, 1.165) is 12.0 Å². The topological polar surface area (TPSA) is 15.3 Å². The van der Waals surface area contributed by atoms with E-state index in [1.54, 1.807) is 0 Å². The van der Waals surface area contributed by atoms with Crippen LogP contribution in [-0.2, 0) is 6.42 Å². The summed E-state index contributed by atoms with van der Waals surface area (Å²) in [4.78, 5) is 2.67. The molecule has 19 heavy (non-hydrogen) atoms. The zero-order valence-corrected chi connectivity index (χ0v) is 11.9. The molecule has 1 atom stereocenters. The van der Waals surface area contributed by atoms with Crippen molar-refractivity contribution in [2.24, 2.45) is 5.92 Å². The van der Waals surface area contributed by atoms with Gasteiger partial charge >= 0.3 is 0 Å². The number of aryl methyl sites for hydroxylation is 1. The number of hydrogen-bond donors (Lipinski definition) is 1. The summed E-state index contributed by atoms with van der Waals surface area (Å²) >= 11 is 0. The van der Waals surface area contributed by atoms with Gasteiger partial charge in [-0.1, -0.05) is 30.3 Å². The molecule has 0 bridgehead atoms. The molecule has 0 aromatic heterocycles. The monoisotopic (exact) mass is 258 g/mol. The van der Waals surface area contributed by atoms with Crippen LogP contribution in [0.25, 0.3) is 0 Å². The zero-order valence-electron chi connectivity index (χ0n) is 11.9. The lowest BCUT2D eigenvalue weighted by Gasteiger charge is -2.33. The number of nitrogens with one attached hydrogen (secondary N) is 1. The summed E-state index contributed by atoms with van der Waals surface area (Å²) in [7, 11) is 0. The Morgan fingerprint density at radius 3 is 2.74 bits per heavy atom. The van der Waals surface area contributed by atoms with E-state index in [-0.39, 0.29) is 0 Å². The first-order chi connectivity index (χ1) is 9.42. The van der Waals surface area contributed by atoms with Crippen LogP contribution in [0, 0.1) is 5.92 Å². The molecule has 2 aliphatic rings. The Hall–Kier alpha value is -0.860. The van der Waals surface area contributed by atoms with E-state index >= 15 is 0 Å². The van der Waals surface area contributed by atoms with Crippen LogP contribution < -0.4 is 5.32 Å². The minimum atomic E-state index is 0.794. The summed E-state index contributed by atoms with van der Waals surface area (Å²) in [5, 5.41) is 3.69. The number of unbranched alkanes of at least 4 members (excludes halogenated alkanes) is 1. The van der Waals surface area contributed by atoms with Gasteiger partial charge in [0.2, 0.25) is 0 Å². The van der Waals surface area contributed by atoms with Crippen molar-refractivity contribution in [1.29, 1.82) is 0 Å². The molecule has 0 amide bonds. The number of hydrogen-bond acceptors (Lipinski definition) is 2. The third-order valence-corrected chi connectivity index (χ3v) is 4.51. The van der Waals surface area contributed by atoms with Crippen molar-refractivity contribution in [1.82, 2.24) is 10.2 Å². The molecule has 1 aliphatic carbocycles. The average Bonchev–Trinajstić information content (AvgIpc) is 3.30. The number of benzene rings is 1. The van der Waals surface area contributed by atoms with Crippen LogP contribution >= 0.6 is 0 Å². The molecule has 0 radical (unpaired) electrons. The van der Waals surface area contributed by atoms with Crippen LogP contribution in [-0.4, -0.2) is 37.1 Å². The van der Waals surface area contributed by atoms with Crippen LogP contribution in [0.4, 0.5) is 0 Å². The maximum Gasteiger partial charge on any atom is 0.0223 e. The first kappa shape index (κ1) is 13.1. The maximum atomic E-state index is 3.69. The number of rotatable bonds is 6. The van der Waals surface area contributed by atoms with Gasteiger partial charge in [-0.15, -0.1) is 0 Å². The normalized spacial score (nSPS) is 24.5. The molecule has 2 heteroatoms. The summed E-state index contributed by atoms with van der Waals surface area (Å²) in [6.07, 6.45) is 6.81. The third kappa shape index (κ3) is 4.05. The van der Waals surface area contributed by atoms with Crippen LogP contribution in [0.3, 0.4) is 0 Å². The first-order valence-electron chi connectivity index (χ1n) is 7.91. The Morgan fingerprint density at radius 2 is 1.95 bits per heavy atom. The van der Waals surface area contributed by atoms with Crippen molar-refractivity contribution in [3.05, 3.63) is 35.9 Å². The molecule has 0 spiro atoms. The molecule has 104 valence electrons. The molecule has 1 unspecified atom stereocenters. The van der Waals surface area contributed by atoms with Gasteiger partial charge in [-0.05, 0) is 50.1 Å². The molecular formula is C17H26N2. The molecule has 1 aliphatic heterocycles. The highest BCUT2D eigenvalue weighted by Gasteiger charge is 2.33. The van der Waals surface area contributed by atoms with E-state index in [1.165, 1.54) is 63.8 Å². The van der Waals surface area contributed by atoms with Crippen molar-refractivity contribution in [3.63, 3.8) is 0 Å². The molecule has 1 saturated heterocycles. The summed E-state index contributed by atoms with van der Waals surface area (Å²) in [5.41, 5.74) is 1.48. The Labute approximate surface area is 117 Å². The van der Waals surface area contributed by atoms with Gasteiger partial charge in [0.05, 0.1) is 0 Å². The minimum absolute atomic E-state index is 0.794. The molecule has 2 fully saturated rings. The Bertz CT molecular complexity index is 372. The molecule has 2 nitrogen and oxygen atoms in total. The Balaban J connectivity index is 1.33. The zero-order chi connectivity index (χ0) is 12.9. The van der Waals surface area contributed by atoms with E-state index in [2.05, 4.69) is 40.5 Å². The van der Waals surface area contributed by atoms with Crippen LogP contribution in [0.15, 0.2) is 30.3 Å². The Morgan fingerprint density at radius 1 is 1.11 bits per heavy atom. The highest BCUT2D eigenvalue weighted by molar-refractivity contribution is 5.14. The fraction of sp³-hybridized carbons (Fsp3) is 0.647. The van der Waals surface area contributed by atoms with Crippen LogP contribution in [0.1, 0.15) is 31.2 Å². The average molecular weight is 258 g/mol. The molecular weight excluding hydrogens is 232 g/mol. The van der Waals surface area contributed by atoms with Crippen LogP contribution in [0.2, 0.25) is 0 Å². The minimum Gasteiger partial charge on any atom is -0.311 e. The Kier molecular flexibility index (Phi) is 4.52. The second kappa shape index (κ2) is 6.53. The first-order valence-corrected chi connectivity index (χ1v) is 7.91. The summed E-state index contributed by atoms with van der Waals surface area (Å²) in [5.74, 6) is 0.993. The van der Waals surface area contributed by atoms with E-state index in [1.807, 2.05) is 0 Å².